The largest absolute Gasteiger partial charge is 2.00 e. The summed E-state index contributed by atoms with van der Waals surface area (Å²) in [5.41, 5.74) is 0. The molecule has 0 heterocycles. The standard InChI is InChI=1S/2C18H36O2.2C8H16O2.2Co/c2*1-2-3-4-5-6-7-8-9-10-11-12-13-14-15-16-17-18(19)20;2*1-3-5-6-7(4-2)8(9)10;;/h2*2-17H2,1H3,(H,19,20);2*7H,3-6H2,1-2H3,(H,9,10);;/q;;;;2*+2/p-4. The number of carbonyl (C=O) groups is 4. The van der Waals surface area contributed by atoms with Crippen LogP contribution in [0.2, 0.25) is 0 Å². The monoisotopic (exact) mass is 971 g/mol. The minimum Gasteiger partial charge on any atom is -0.550 e. The van der Waals surface area contributed by atoms with Crippen molar-refractivity contribution in [3.8, 4) is 0 Å². The average Bonchev–Trinajstić information content (AvgIpc) is 3.21. The van der Waals surface area contributed by atoms with E-state index in [9.17, 15) is 39.6 Å². The van der Waals surface area contributed by atoms with Gasteiger partial charge in [-0.25, -0.2) is 0 Å². The van der Waals surface area contributed by atoms with E-state index in [2.05, 4.69) is 27.7 Å². The van der Waals surface area contributed by atoms with Gasteiger partial charge in [-0.1, -0.05) is 247 Å². The third kappa shape index (κ3) is 70.6. The summed E-state index contributed by atoms with van der Waals surface area (Å²) in [5.74, 6) is -4.04. The molecule has 8 nitrogen and oxygen atoms in total. The summed E-state index contributed by atoms with van der Waals surface area (Å²) in [5, 5.41) is 41.1. The van der Waals surface area contributed by atoms with Gasteiger partial charge < -0.3 is 39.6 Å². The Morgan fingerprint density at radius 3 is 0.613 bits per heavy atom. The summed E-state index contributed by atoms with van der Waals surface area (Å²) in [4.78, 5) is 41.1. The molecular weight excluding hydrogens is 870 g/mol. The SMILES string of the molecule is CCCCC(CC)C(=O)[O-].CCCCC(CC)C(=O)[O-].CCCCCCCCCCCCCCCCCC(=O)[O-].CCCCCCCCCCCCCCCCCC(=O)[O-].[Co+2].[Co+2]. The van der Waals surface area contributed by atoms with Gasteiger partial charge in [-0.15, -0.1) is 0 Å². The number of aliphatic carboxylic acids is 4. The van der Waals surface area contributed by atoms with E-state index in [-0.39, 0.29) is 58.2 Å². The molecule has 0 N–H and O–H groups in total. The molecule has 374 valence electrons. The summed E-state index contributed by atoms with van der Waals surface area (Å²) in [6.45, 7) is 12.4. The molecule has 10 heteroatoms. The van der Waals surface area contributed by atoms with Gasteiger partial charge in [-0.3, -0.25) is 0 Å². The van der Waals surface area contributed by atoms with Crippen LogP contribution in [-0.2, 0) is 52.7 Å². The molecule has 2 unspecified atom stereocenters. The number of carboxylic acids is 4. The van der Waals surface area contributed by atoms with Crippen LogP contribution in [0.4, 0.5) is 0 Å². The predicted molar refractivity (Wildman–Crippen MR) is 246 cm³/mol. The van der Waals surface area contributed by atoms with Crippen molar-refractivity contribution in [2.45, 2.75) is 298 Å². The summed E-state index contributed by atoms with van der Waals surface area (Å²) in [6, 6.07) is 0. The van der Waals surface area contributed by atoms with E-state index in [4.69, 9.17) is 0 Å². The van der Waals surface area contributed by atoms with E-state index >= 15 is 0 Å². The molecule has 0 aliphatic carbocycles. The number of carbonyl (C=O) groups excluding carboxylic acids is 4. The van der Waals surface area contributed by atoms with Crippen LogP contribution in [0.3, 0.4) is 0 Å². The second-order valence-corrected chi connectivity index (χ2v) is 17.3. The van der Waals surface area contributed by atoms with Gasteiger partial charge >= 0.3 is 33.6 Å². The van der Waals surface area contributed by atoms with Crippen molar-refractivity contribution in [2.75, 3.05) is 0 Å². The minimum absolute atomic E-state index is 0. The van der Waals surface area contributed by atoms with Crippen molar-refractivity contribution in [2.24, 2.45) is 11.8 Å². The number of carboxylic acid groups (broad SMARTS) is 4. The summed E-state index contributed by atoms with van der Waals surface area (Å²) >= 11 is 0. The third-order valence-corrected chi connectivity index (χ3v) is 11.4. The zero-order valence-electron chi connectivity index (χ0n) is 41.4. The van der Waals surface area contributed by atoms with E-state index in [0.717, 1.165) is 64.2 Å². The van der Waals surface area contributed by atoms with E-state index in [1.165, 1.54) is 167 Å². The second-order valence-electron chi connectivity index (χ2n) is 17.3. The molecule has 0 aliphatic heterocycles. The van der Waals surface area contributed by atoms with Gasteiger partial charge in [0, 0.05) is 23.9 Å². The molecule has 0 aromatic heterocycles. The molecule has 2 atom stereocenters. The maximum atomic E-state index is 10.3. The molecule has 0 saturated heterocycles. The van der Waals surface area contributed by atoms with Crippen LogP contribution in [0, 0.1) is 11.8 Å². The van der Waals surface area contributed by atoms with Crippen molar-refractivity contribution in [1.29, 1.82) is 0 Å². The molecule has 62 heavy (non-hydrogen) atoms. The molecule has 0 aromatic rings. The molecule has 0 spiro atoms. The van der Waals surface area contributed by atoms with E-state index < -0.39 is 23.9 Å². The van der Waals surface area contributed by atoms with Crippen LogP contribution in [-0.4, -0.2) is 23.9 Å². The molecule has 0 rings (SSSR count). The number of rotatable bonds is 42. The first-order valence-electron chi connectivity index (χ1n) is 25.8. The summed E-state index contributed by atoms with van der Waals surface area (Å²) in [7, 11) is 0. The van der Waals surface area contributed by atoms with Crippen LogP contribution >= 0.6 is 0 Å². The van der Waals surface area contributed by atoms with E-state index in [1.54, 1.807) is 0 Å². The molecular formula is C52H100Co2O8. The van der Waals surface area contributed by atoms with Crippen molar-refractivity contribution in [1.82, 2.24) is 0 Å². The molecule has 0 aromatic carbocycles. The third-order valence-electron chi connectivity index (χ3n) is 11.4. The van der Waals surface area contributed by atoms with Gasteiger partial charge in [-0.2, -0.15) is 0 Å². The predicted octanol–water partition coefficient (Wildman–Crippen LogP) is 11.9. The molecule has 0 bridgehead atoms. The average molecular weight is 971 g/mol. The second kappa shape index (κ2) is 64.2. The van der Waals surface area contributed by atoms with Gasteiger partial charge in [0.2, 0.25) is 0 Å². The molecule has 0 aliphatic rings. The van der Waals surface area contributed by atoms with Crippen molar-refractivity contribution in [3.05, 3.63) is 0 Å². The van der Waals surface area contributed by atoms with Gasteiger partial charge in [0.05, 0.1) is 0 Å². The van der Waals surface area contributed by atoms with Crippen LogP contribution in [0.5, 0.6) is 0 Å². The molecule has 0 amide bonds. The van der Waals surface area contributed by atoms with Gasteiger partial charge in [-0.05, 0) is 63.2 Å². The summed E-state index contributed by atoms with van der Waals surface area (Å²) in [6.07, 6.45) is 46.8. The van der Waals surface area contributed by atoms with Crippen molar-refractivity contribution in [3.63, 3.8) is 0 Å². The normalized spacial score (nSPS) is 11.2. The zero-order valence-corrected chi connectivity index (χ0v) is 43.5. The number of unbranched alkanes of at least 4 members (excludes halogenated alkanes) is 30. The Morgan fingerprint density at radius 2 is 0.468 bits per heavy atom. The fourth-order valence-electron chi connectivity index (χ4n) is 7.16. The Morgan fingerprint density at radius 1 is 0.290 bits per heavy atom. The first-order valence-corrected chi connectivity index (χ1v) is 25.8. The first-order chi connectivity index (χ1) is 29.0. The first kappa shape index (κ1) is 72.5. The smallest absolute Gasteiger partial charge is 0.550 e. The maximum Gasteiger partial charge on any atom is 2.00 e. The molecule has 0 saturated carbocycles. The Bertz CT molecular complexity index is 819. The van der Waals surface area contributed by atoms with E-state index in [1.807, 2.05) is 13.8 Å². The van der Waals surface area contributed by atoms with Crippen LogP contribution in [0.25, 0.3) is 0 Å². The molecule has 2 radical (unpaired) electrons. The maximum absolute atomic E-state index is 10.3. The Balaban J connectivity index is -0.000000175. The Labute approximate surface area is 405 Å². The summed E-state index contributed by atoms with van der Waals surface area (Å²) < 4.78 is 0. The topological polar surface area (TPSA) is 161 Å². The fraction of sp³-hybridized carbons (Fsp3) is 0.923. The Hall–Kier alpha value is -1.11. The minimum atomic E-state index is -0.903. The van der Waals surface area contributed by atoms with Gasteiger partial charge in [0.25, 0.3) is 0 Å². The van der Waals surface area contributed by atoms with Gasteiger partial charge in [0.1, 0.15) is 0 Å². The number of hydrogen-bond donors (Lipinski definition) is 0. The molecule has 0 fully saturated rings. The quantitative estimate of drug-likeness (QED) is 0.0546. The van der Waals surface area contributed by atoms with Gasteiger partial charge in [0.15, 0.2) is 0 Å². The van der Waals surface area contributed by atoms with Crippen molar-refractivity contribution >= 4 is 23.9 Å². The van der Waals surface area contributed by atoms with E-state index in [0.29, 0.717) is 12.8 Å². The van der Waals surface area contributed by atoms with Crippen LogP contribution in [0.1, 0.15) is 298 Å². The van der Waals surface area contributed by atoms with Crippen molar-refractivity contribution < 1.29 is 73.2 Å². The van der Waals surface area contributed by atoms with Crippen LogP contribution in [0.15, 0.2) is 0 Å². The zero-order chi connectivity index (χ0) is 45.7. The van der Waals surface area contributed by atoms with Crippen LogP contribution < -0.4 is 20.4 Å². The number of hydrogen-bond acceptors (Lipinski definition) is 8. The fourth-order valence-corrected chi connectivity index (χ4v) is 7.16. The Kier molecular flexibility index (Phi) is 75.0.